The molecule has 0 bridgehead atoms. The summed E-state index contributed by atoms with van der Waals surface area (Å²) in [6, 6.07) is 2.29. The van der Waals surface area contributed by atoms with Crippen LogP contribution in [0.5, 0.6) is 0 Å². The fraction of sp³-hybridized carbons (Fsp3) is 0. The summed E-state index contributed by atoms with van der Waals surface area (Å²) in [5, 5.41) is 14.0. The molecule has 1 aromatic heterocycles. The quantitative estimate of drug-likeness (QED) is 0.886. The number of hydrogen-bond acceptors (Lipinski definition) is 4. The number of amides is 1. The van der Waals surface area contributed by atoms with Crippen LogP contribution in [0.1, 0.15) is 20.9 Å². The summed E-state index contributed by atoms with van der Waals surface area (Å²) in [5.41, 5.74) is -1.23. The second kappa shape index (κ2) is 4.84. The fourth-order valence-electron chi connectivity index (χ4n) is 1.33. The molecule has 6 nitrogen and oxygen atoms in total. The van der Waals surface area contributed by atoms with Crippen molar-refractivity contribution in [3.8, 4) is 0 Å². The van der Waals surface area contributed by atoms with Crippen molar-refractivity contribution in [3.63, 3.8) is 0 Å². The number of carbonyl (C=O) groups excluding carboxylic acids is 1. The van der Waals surface area contributed by atoms with Gasteiger partial charge in [0, 0.05) is 12.1 Å². The van der Waals surface area contributed by atoms with Gasteiger partial charge in [0.15, 0.2) is 0 Å². The third-order valence-electron chi connectivity index (χ3n) is 2.20. The van der Waals surface area contributed by atoms with Crippen molar-refractivity contribution in [2.24, 2.45) is 0 Å². The number of aromatic nitrogens is 1. The number of halogens is 2. The minimum absolute atomic E-state index is 0.194. The number of nitrogens with zero attached hydrogens (tertiary/aromatic N) is 1. The zero-order chi connectivity index (χ0) is 14.0. The first-order valence-corrected chi connectivity index (χ1v) is 4.93. The molecule has 19 heavy (non-hydrogen) atoms. The van der Waals surface area contributed by atoms with Gasteiger partial charge in [0.1, 0.15) is 11.6 Å². The Bertz CT molecular complexity index is 640. The maximum atomic E-state index is 13.4. The normalized spacial score (nSPS) is 10.2. The highest BCUT2D eigenvalue weighted by molar-refractivity contribution is 6.02. The van der Waals surface area contributed by atoms with Crippen molar-refractivity contribution in [3.05, 3.63) is 47.4 Å². The summed E-state index contributed by atoms with van der Waals surface area (Å²) in [5.74, 6) is -4.94. The van der Waals surface area contributed by atoms with Gasteiger partial charge in [-0.25, -0.2) is 13.6 Å². The first-order chi connectivity index (χ1) is 8.99. The molecule has 1 heterocycles. The molecule has 0 atom stereocenters. The van der Waals surface area contributed by atoms with Crippen LogP contribution in [-0.2, 0) is 0 Å². The Labute approximate surface area is 104 Å². The second-order valence-corrected chi connectivity index (χ2v) is 3.45. The highest BCUT2D eigenvalue weighted by Gasteiger charge is 2.18. The lowest BCUT2D eigenvalue weighted by molar-refractivity contribution is 0.0691. The topological polar surface area (TPSA) is 92.4 Å². The van der Waals surface area contributed by atoms with Crippen LogP contribution in [0.2, 0.25) is 0 Å². The van der Waals surface area contributed by atoms with Gasteiger partial charge in [-0.15, -0.1) is 0 Å². The highest BCUT2D eigenvalue weighted by Crippen LogP contribution is 2.20. The van der Waals surface area contributed by atoms with Crippen LogP contribution in [0.15, 0.2) is 28.9 Å². The van der Waals surface area contributed by atoms with E-state index in [0.29, 0.717) is 12.1 Å². The predicted octanol–water partition coefficient (Wildman–Crippen LogP) is 1.90. The Morgan fingerprint density at radius 2 is 2.00 bits per heavy atom. The Balaban J connectivity index is 2.32. The molecule has 2 aromatic rings. The van der Waals surface area contributed by atoms with Gasteiger partial charge in [0.25, 0.3) is 5.91 Å². The third-order valence-corrected chi connectivity index (χ3v) is 2.20. The van der Waals surface area contributed by atoms with Crippen molar-refractivity contribution in [2.45, 2.75) is 0 Å². The summed E-state index contributed by atoms with van der Waals surface area (Å²) in [4.78, 5) is 22.2. The molecule has 1 amide bonds. The average Bonchev–Trinajstić information content (AvgIpc) is 2.85. The molecule has 0 fully saturated rings. The van der Waals surface area contributed by atoms with Gasteiger partial charge in [-0.1, -0.05) is 5.16 Å². The molecular formula is C11H6F2N2O4. The van der Waals surface area contributed by atoms with Gasteiger partial charge in [0.05, 0.1) is 17.4 Å². The smallest absolute Gasteiger partial charge is 0.338 e. The van der Waals surface area contributed by atoms with E-state index in [1.165, 1.54) is 12.3 Å². The van der Waals surface area contributed by atoms with Crippen LogP contribution >= 0.6 is 0 Å². The minimum atomic E-state index is -1.58. The molecule has 2 rings (SSSR count). The highest BCUT2D eigenvalue weighted by atomic mass is 19.1. The van der Waals surface area contributed by atoms with E-state index in [9.17, 15) is 18.4 Å². The maximum Gasteiger partial charge on any atom is 0.338 e. The number of hydrogen-bond donors (Lipinski definition) is 2. The summed E-state index contributed by atoms with van der Waals surface area (Å²) in [7, 11) is 0. The number of aromatic carboxylic acids is 1. The van der Waals surface area contributed by atoms with Crippen LogP contribution in [0.3, 0.4) is 0 Å². The maximum absolute atomic E-state index is 13.4. The van der Waals surface area contributed by atoms with E-state index in [0.717, 1.165) is 0 Å². The number of carbonyl (C=O) groups is 2. The number of benzene rings is 1. The molecule has 8 heteroatoms. The van der Waals surface area contributed by atoms with E-state index in [-0.39, 0.29) is 5.76 Å². The van der Waals surface area contributed by atoms with Crippen LogP contribution in [0.4, 0.5) is 14.5 Å². The van der Waals surface area contributed by atoms with Crippen molar-refractivity contribution in [1.29, 1.82) is 0 Å². The van der Waals surface area contributed by atoms with Gasteiger partial charge in [-0.3, -0.25) is 4.79 Å². The molecule has 0 unspecified atom stereocenters. The van der Waals surface area contributed by atoms with Crippen molar-refractivity contribution < 1.29 is 28.0 Å². The lowest BCUT2D eigenvalue weighted by Gasteiger charge is -2.06. The number of nitrogens with one attached hydrogen (secondary N) is 1. The van der Waals surface area contributed by atoms with E-state index in [1.807, 2.05) is 0 Å². The van der Waals surface area contributed by atoms with Gasteiger partial charge < -0.3 is 14.9 Å². The molecule has 0 aliphatic heterocycles. The molecule has 98 valence electrons. The van der Waals surface area contributed by atoms with Gasteiger partial charge >= 0.3 is 5.97 Å². The van der Waals surface area contributed by atoms with Gasteiger partial charge in [-0.05, 0) is 6.07 Å². The first kappa shape index (κ1) is 12.7. The van der Waals surface area contributed by atoms with E-state index in [1.54, 1.807) is 0 Å². The van der Waals surface area contributed by atoms with E-state index >= 15 is 0 Å². The lowest BCUT2D eigenvalue weighted by Crippen LogP contribution is -2.13. The number of anilines is 1. The monoisotopic (exact) mass is 268 g/mol. The van der Waals surface area contributed by atoms with Crippen LogP contribution < -0.4 is 5.32 Å². The van der Waals surface area contributed by atoms with Crippen molar-refractivity contribution in [1.82, 2.24) is 5.16 Å². The molecule has 0 saturated heterocycles. The Hall–Kier alpha value is -2.77. The van der Waals surface area contributed by atoms with E-state index in [4.69, 9.17) is 5.11 Å². The van der Waals surface area contributed by atoms with Gasteiger partial charge in [0.2, 0.25) is 5.76 Å². The summed E-state index contributed by atoms with van der Waals surface area (Å²) in [6.07, 6.45) is 1.21. The van der Waals surface area contributed by atoms with E-state index in [2.05, 4.69) is 15.0 Å². The number of carboxylic acid groups (broad SMARTS) is 1. The van der Waals surface area contributed by atoms with Crippen molar-refractivity contribution in [2.75, 3.05) is 5.32 Å². The van der Waals surface area contributed by atoms with Crippen LogP contribution in [-0.4, -0.2) is 22.1 Å². The average molecular weight is 268 g/mol. The van der Waals surface area contributed by atoms with Gasteiger partial charge in [-0.2, -0.15) is 0 Å². The van der Waals surface area contributed by atoms with Crippen LogP contribution in [0, 0.1) is 11.6 Å². The summed E-state index contributed by atoms with van der Waals surface area (Å²) >= 11 is 0. The zero-order valence-electron chi connectivity index (χ0n) is 9.18. The van der Waals surface area contributed by atoms with E-state index < -0.39 is 34.8 Å². The largest absolute Gasteiger partial charge is 0.478 e. The zero-order valence-corrected chi connectivity index (χ0v) is 9.18. The number of carboxylic acids is 1. The summed E-state index contributed by atoms with van der Waals surface area (Å²) in [6.45, 7) is 0. The molecule has 0 saturated carbocycles. The molecule has 1 aromatic carbocycles. The second-order valence-electron chi connectivity index (χ2n) is 3.45. The molecule has 0 aliphatic carbocycles. The SMILES string of the molecule is O=C(Nc1cc(C(=O)O)c(F)cc1F)c1ccno1. The molecule has 0 aliphatic rings. The van der Waals surface area contributed by atoms with Crippen LogP contribution in [0.25, 0.3) is 0 Å². The predicted molar refractivity (Wildman–Crippen MR) is 57.8 cm³/mol. The van der Waals surface area contributed by atoms with Crippen molar-refractivity contribution >= 4 is 17.6 Å². The minimum Gasteiger partial charge on any atom is -0.478 e. The Kier molecular flexibility index (Phi) is 3.23. The Morgan fingerprint density at radius 3 is 2.58 bits per heavy atom. The molecular weight excluding hydrogens is 262 g/mol. The number of rotatable bonds is 3. The molecule has 2 N–H and O–H groups in total. The standard InChI is InChI=1S/C11H6F2N2O4/c12-6-4-7(13)8(3-5(6)11(17)18)15-10(16)9-1-2-14-19-9/h1-4H,(H,15,16)(H,17,18). The summed E-state index contributed by atoms with van der Waals surface area (Å²) < 4.78 is 31.1. The lowest BCUT2D eigenvalue weighted by atomic mass is 10.1. The third kappa shape index (κ3) is 2.57. The Morgan fingerprint density at radius 1 is 1.26 bits per heavy atom. The fourth-order valence-corrected chi connectivity index (χ4v) is 1.33. The molecule has 0 spiro atoms. The first-order valence-electron chi connectivity index (χ1n) is 4.93. The molecule has 0 radical (unpaired) electrons.